The van der Waals surface area contributed by atoms with Crippen LogP contribution >= 0.6 is 11.6 Å². The van der Waals surface area contributed by atoms with Crippen molar-refractivity contribution in [3.05, 3.63) is 83.2 Å². The molecule has 2 heterocycles. The number of aliphatic carboxylic acids is 1. The smallest absolute Gasteiger partial charge is 0.417 e. The Morgan fingerprint density at radius 2 is 1.83 bits per heavy atom. The van der Waals surface area contributed by atoms with Gasteiger partial charge >= 0.3 is 12.1 Å². The first-order chi connectivity index (χ1) is 16.5. The average Bonchev–Trinajstić information content (AvgIpc) is 3.08. The molecule has 0 spiro atoms. The third kappa shape index (κ3) is 5.17. The predicted molar refractivity (Wildman–Crippen MR) is 129 cm³/mol. The number of nitrogens with zero attached hydrogens (tertiary/aromatic N) is 2. The van der Waals surface area contributed by atoms with E-state index < -0.39 is 17.7 Å². The second-order valence-corrected chi connectivity index (χ2v) is 8.41. The van der Waals surface area contributed by atoms with Gasteiger partial charge in [-0.3, -0.25) is 4.98 Å². The quantitative estimate of drug-likeness (QED) is 0.283. The highest BCUT2D eigenvalue weighted by Crippen LogP contribution is 2.37. The van der Waals surface area contributed by atoms with Crippen LogP contribution < -0.4 is 4.74 Å². The number of benzene rings is 2. The number of carbonyl (C=O) groups is 1. The average molecular weight is 501 g/mol. The number of hydrogen-bond acceptors (Lipinski definition) is 3. The summed E-state index contributed by atoms with van der Waals surface area (Å²) in [6, 6.07) is 14.8. The number of ether oxygens (including phenoxy) is 1. The molecular formula is C26H20ClF3N2O3. The standard InChI is InChI=1S/C26H20ClF3N2O3/c1-15(2)35-19-7-5-18(6-8-19)32-22-10-3-16(21-9-4-17(14-31-21)26(28,29)30)13-20(22)25(27)23(32)11-12-24(33)34/h3-15H,1-2H3,(H,33,34). The van der Waals surface area contributed by atoms with Gasteiger partial charge in [0.25, 0.3) is 0 Å². The van der Waals surface area contributed by atoms with Gasteiger partial charge in [-0.2, -0.15) is 13.2 Å². The van der Waals surface area contributed by atoms with E-state index in [1.807, 2.05) is 26.0 Å². The van der Waals surface area contributed by atoms with Gasteiger partial charge in [-0.05, 0) is 68.5 Å². The second kappa shape index (κ2) is 9.46. The number of pyridine rings is 1. The Morgan fingerprint density at radius 1 is 1.11 bits per heavy atom. The lowest BCUT2D eigenvalue weighted by Gasteiger charge is -2.12. The number of rotatable bonds is 6. The van der Waals surface area contributed by atoms with Crippen LogP contribution in [0.5, 0.6) is 5.75 Å². The monoisotopic (exact) mass is 500 g/mol. The van der Waals surface area contributed by atoms with Crippen molar-refractivity contribution in [1.82, 2.24) is 9.55 Å². The molecule has 0 radical (unpaired) electrons. The maximum Gasteiger partial charge on any atom is 0.417 e. The van der Waals surface area contributed by atoms with E-state index in [9.17, 15) is 18.0 Å². The molecule has 0 atom stereocenters. The molecular weight excluding hydrogens is 481 g/mol. The van der Waals surface area contributed by atoms with Crippen LogP contribution in [0, 0.1) is 0 Å². The van der Waals surface area contributed by atoms with Crippen LogP contribution in [-0.2, 0) is 11.0 Å². The van der Waals surface area contributed by atoms with E-state index >= 15 is 0 Å². The minimum Gasteiger partial charge on any atom is -0.491 e. The Balaban J connectivity index is 1.84. The van der Waals surface area contributed by atoms with E-state index in [1.165, 1.54) is 12.1 Å². The number of alkyl halides is 3. The Hall–Kier alpha value is -3.78. The summed E-state index contributed by atoms with van der Waals surface area (Å²) in [5.41, 5.74) is 1.94. The first kappa shape index (κ1) is 24.3. The summed E-state index contributed by atoms with van der Waals surface area (Å²) in [6.45, 7) is 3.84. The zero-order valence-corrected chi connectivity index (χ0v) is 19.4. The molecule has 0 aliphatic rings. The van der Waals surface area contributed by atoms with Gasteiger partial charge in [0.05, 0.1) is 33.6 Å². The van der Waals surface area contributed by atoms with Crippen LogP contribution in [0.2, 0.25) is 5.02 Å². The Morgan fingerprint density at radius 3 is 2.40 bits per heavy atom. The van der Waals surface area contributed by atoms with E-state index in [2.05, 4.69) is 4.98 Å². The highest BCUT2D eigenvalue weighted by atomic mass is 35.5. The molecule has 0 saturated carbocycles. The van der Waals surface area contributed by atoms with Gasteiger partial charge in [0.1, 0.15) is 5.75 Å². The summed E-state index contributed by atoms with van der Waals surface area (Å²) >= 11 is 6.68. The summed E-state index contributed by atoms with van der Waals surface area (Å²) in [6.07, 6.45) is -1.29. The van der Waals surface area contributed by atoms with Crippen molar-refractivity contribution in [2.24, 2.45) is 0 Å². The second-order valence-electron chi connectivity index (χ2n) is 8.03. The fraction of sp³-hybridized carbons (Fsp3) is 0.154. The van der Waals surface area contributed by atoms with Gasteiger partial charge in [-0.15, -0.1) is 0 Å². The molecule has 0 bridgehead atoms. The molecule has 5 nitrogen and oxygen atoms in total. The summed E-state index contributed by atoms with van der Waals surface area (Å²) in [5.74, 6) is -0.446. The van der Waals surface area contributed by atoms with Crippen molar-refractivity contribution >= 4 is 34.5 Å². The van der Waals surface area contributed by atoms with Gasteiger partial charge < -0.3 is 14.4 Å². The van der Waals surface area contributed by atoms with Gasteiger partial charge in [-0.1, -0.05) is 17.7 Å². The summed E-state index contributed by atoms with van der Waals surface area (Å²) in [5, 5.41) is 10.0. The lowest BCUT2D eigenvalue weighted by atomic mass is 10.1. The zero-order chi connectivity index (χ0) is 25.3. The van der Waals surface area contributed by atoms with Gasteiger partial charge in [0, 0.05) is 28.9 Å². The first-order valence-electron chi connectivity index (χ1n) is 10.6. The number of halogens is 4. The highest BCUT2D eigenvalue weighted by Gasteiger charge is 2.30. The van der Waals surface area contributed by atoms with Crippen LogP contribution in [0.1, 0.15) is 25.1 Å². The number of fused-ring (bicyclic) bond motifs is 1. The molecule has 0 amide bonds. The van der Waals surface area contributed by atoms with Crippen molar-refractivity contribution < 1.29 is 27.8 Å². The largest absolute Gasteiger partial charge is 0.491 e. The lowest BCUT2D eigenvalue weighted by molar-refractivity contribution is -0.137. The van der Waals surface area contributed by atoms with Crippen LogP contribution in [-0.4, -0.2) is 26.7 Å². The molecule has 0 unspecified atom stereocenters. The van der Waals surface area contributed by atoms with E-state index in [-0.39, 0.29) is 6.10 Å². The third-order valence-corrected chi connectivity index (χ3v) is 5.57. The van der Waals surface area contributed by atoms with E-state index in [0.29, 0.717) is 38.6 Å². The molecule has 4 rings (SSSR count). The summed E-state index contributed by atoms with van der Waals surface area (Å²) in [4.78, 5) is 15.1. The summed E-state index contributed by atoms with van der Waals surface area (Å²) < 4.78 is 46.2. The SMILES string of the molecule is CC(C)Oc1ccc(-n2c(C=CC(=O)O)c(Cl)c3cc(-c4ccc(C(F)(F)F)cn4)ccc32)cc1. The molecule has 4 aromatic rings. The number of carboxylic acid groups (broad SMARTS) is 1. The minimum absolute atomic E-state index is 0.00833. The number of carboxylic acids is 1. The molecule has 9 heteroatoms. The predicted octanol–water partition coefficient (Wildman–Crippen LogP) is 7.25. The Labute approximate surface area is 204 Å². The first-order valence-corrected chi connectivity index (χ1v) is 11.0. The molecule has 0 aliphatic heterocycles. The van der Waals surface area contributed by atoms with E-state index in [1.54, 1.807) is 34.9 Å². The van der Waals surface area contributed by atoms with Gasteiger partial charge in [0.2, 0.25) is 0 Å². The topological polar surface area (TPSA) is 64.3 Å². The van der Waals surface area contributed by atoms with Crippen molar-refractivity contribution in [3.63, 3.8) is 0 Å². The lowest BCUT2D eigenvalue weighted by Crippen LogP contribution is -2.05. The maximum absolute atomic E-state index is 12.9. The van der Waals surface area contributed by atoms with Crippen molar-refractivity contribution in [3.8, 4) is 22.7 Å². The Kier molecular flexibility index (Phi) is 6.58. The van der Waals surface area contributed by atoms with Gasteiger partial charge in [-0.25, -0.2) is 4.79 Å². The van der Waals surface area contributed by atoms with Crippen molar-refractivity contribution in [1.29, 1.82) is 0 Å². The van der Waals surface area contributed by atoms with Crippen LogP contribution in [0.25, 0.3) is 33.9 Å². The fourth-order valence-corrected chi connectivity index (χ4v) is 3.99. The molecule has 2 aromatic carbocycles. The van der Waals surface area contributed by atoms with Gasteiger partial charge in [0.15, 0.2) is 0 Å². The maximum atomic E-state index is 12.9. The minimum atomic E-state index is -4.48. The van der Waals surface area contributed by atoms with Crippen LogP contribution in [0.3, 0.4) is 0 Å². The van der Waals surface area contributed by atoms with Crippen molar-refractivity contribution in [2.45, 2.75) is 26.1 Å². The molecule has 2 aromatic heterocycles. The zero-order valence-electron chi connectivity index (χ0n) is 18.7. The van der Waals surface area contributed by atoms with E-state index in [4.69, 9.17) is 21.4 Å². The van der Waals surface area contributed by atoms with Crippen LogP contribution in [0.15, 0.2) is 66.9 Å². The molecule has 35 heavy (non-hydrogen) atoms. The number of aromatic nitrogens is 2. The molecule has 0 fully saturated rings. The van der Waals surface area contributed by atoms with Crippen LogP contribution in [0.4, 0.5) is 13.2 Å². The third-order valence-electron chi connectivity index (χ3n) is 5.18. The van der Waals surface area contributed by atoms with E-state index in [0.717, 1.165) is 24.0 Å². The van der Waals surface area contributed by atoms with Crippen molar-refractivity contribution in [2.75, 3.05) is 0 Å². The highest BCUT2D eigenvalue weighted by molar-refractivity contribution is 6.37. The normalized spacial score (nSPS) is 12.1. The summed E-state index contributed by atoms with van der Waals surface area (Å²) in [7, 11) is 0. The number of hydrogen-bond donors (Lipinski definition) is 1. The molecule has 0 saturated heterocycles. The fourth-order valence-electron chi connectivity index (χ4n) is 3.69. The molecule has 0 aliphatic carbocycles. The molecule has 1 N–H and O–H groups in total. The Bertz CT molecular complexity index is 1410. The molecule has 180 valence electrons.